The Balaban J connectivity index is 1.78. The molecule has 2 heteroatoms. The molecule has 1 aliphatic heterocycles. The van der Waals surface area contributed by atoms with Crippen LogP contribution in [0.2, 0.25) is 0 Å². The molecule has 0 N–H and O–H groups in total. The lowest BCUT2D eigenvalue weighted by molar-refractivity contribution is 0.161. The second-order valence-electron chi connectivity index (χ2n) is 4.76. The van der Waals surface area contributed by atoms with Crippen LogP contribution in [-0.4, -0.2) is 16.0 Å². The van der Waals surface area contributed by atoms with Crippen molar-refractivity contribution in [2.24, 2.45) is 0 Å². The van der Waals surface area contributed by atoms with Gasteiger partial charge in [-0.25, -0.2) is 0 Å². The van der Waals surface area contributed by atoms with Gasteiger partial charge in [0.25, 0.3) is 0 Å². The summed E-state index contributed by atoms with van der Waals surface area (Å²) >= 11 is 0. The van der Waals surface area contributed by atoms with E-state index in [1.54, 1.807) is 0 Å². The van der Waals surface area contributed by atoms with E-state index >= 15 is 0 Å². The first kappa shape index (κ1) is 10.6. The van der Waals surface area contributed by atoms with Crippen LogP contribution in [0.1, 0.15) is 24.2 Å². The van der Waals surface area contributed by atoms with Gasteiger partial charge in [0.05, 0.1) is 0 Å². The Bertz CT molecular complexity index is 487. The molecule has 0 saturated heterocycles. The summed E-state index contributed by atoms with van der Waals surface area (Å²) in [6, 6.07) is 15.6. The highest BCUT2D eigenvalue weighted by Crippen LogP contribution is 2.26. The maximum atomic E-state index is 2.55. The zero-order valence-corrected chi connectivity index (χ0v) is 10.2. The Kier molecular flexibility index (Phi) is 2.73. The molecule has 1 atom stereocenters. The standard InChI is InChI=1S/C15H18N2/c1-13-15-8-5-9-16(15)10-11-17(13)12-14-6-3-2-4-7-14/h2-9,13H,10-12H2,1H3/t13-/m1/s1. The lowest BCUT2D eigenvalue weighted by atomic mass is 10.1. The minimum absolute atomic E-state index is 0.513. The summed E-state index contributed by atoms with van der Waals surface area (Å²) in [5.41, 5.74) is 2.84. The van der Waals surface area contributed by atoms with Crippen LogP contribution in [0, 0.1) is 0 Å². The highest BCUT2D eigenvalue weighted by atomic mass is 15.2. The van der Waals surface area contributed by atoms with Crippen LogP contribution >= 0.6 is 0 Å². The summed E-state index contributed by atoms with van der Waals surface area (Å²) in [5.74, 6) is 0. The third-order valence-electron chi connectivity index (χ3n) is 3.70. The third kappa shape index (κ3) is 2.01. The third-order valence-corrected chi connectivity index (χ3v) is 3.70. The number of hydrogen-bond donors (Lipinski definition) is 0. The predicted molar refractivity (Wildman–Crippen MR) is 69.7 cm³/mol. The molecule has 0 amide bonds. The van der Waals surface area contributed by atoms with Crippen LogP contribution in [0.15, 0.2) is 48.7 Å². The zero-order valence-electron chi connectivity index (χ0n) is 10.2. The number of fused-ring (bicyclic) bond motifs is 1. The Morgan fingerprint density at radius 1 is 1.06 bits per heavy atom. The van der Waals surface area contributed by atoms with E-state index in [0.29, 0.717) is 6.04 Å². The van der Waals surface area contributed by atoms with Crippen LogP contribution in [-0.2, 0) is 13.1 Å². The molecule has 17 heavy (non-hydrogen) atoms. The number of aromatic nitrogens is 1. The molecule has 2 nitrogen and oxygen atoms in total. The predicted octanol–water partition coefficient (Wildman–Crippen LogP) is 3.06. The fraction of sp³-hybridized carbons (Fsp3) is 0.333. The molecule has 3 rings (SSSR count). The van der Waals surface area contributed by atoms with Crippen LogP contribution in [0.25, 0.3) is 0 Å². The molecule has 1 aliphatic rings. The van der Waals surface area contributed by atoms with E-state index in [2.05, 4.69) is 65.1 Å². The van der Waals surface area contributed by atoms with Crippen molar-refractivity contribution in [1.82, 2.24) is 9.47 Å². The number of hydrogen-bond acceptors (Lipinski definition) is 1. The number of benzene rings is 1. The summed E-state index contributed by atoms with van der Waals surface area (Å²) in [6.45, 7) is 5.60. The number of rotatable bonds is 2. The van der Waals surface area contributed by atoms with E-state index in [9.17, 15) is 0 Å². The van der Waals surface area contributed by atoms with Crippen molar-refractivity contribution >= 4 is 0 Å². The van der Waals surface area contributed by atoms with Crippen molar-refractivity contribution in [3.8, 4) is 0 Å². The minimum atomic E-state index is 0.513. The molecular weight excluding hydrogens is 208 g/mol. The monoisotopic (exact) mass is 226 g/mol. The lowest BCUT2D eigenvalue weighted by Crippen LogP contribution is -2.35. The largest absolute Gasteiger partial charge is 0.349 e. The van der Waals surface area contributed by atoms with Gasteiger partial charge in [0, 0.05) is 37.6 Å². The molecule has 2 aromatic rings. The lowest BCUT2D eigenvalue weighted by Gasteiger charge is -2.34. The highest BCUT2D eigenvalue weighted by molar-refractivity contribution is 5.17. The second kappa shape index (κ2) is 4.38. The first-order valence-corrected chi connectivity index (χ1v) is 6.27. The SMILES string of the molecule is C[C@@H]1c2cccn2CCN1Cc1ccccc1. The molecule has 0 bridgehead atoms. The Morgan fingerprint density at radius 2 is 1.88 bits per heavy atom. The van der Waals surface area contributed by atoms with Gasteiger partial charge in [0.1, 0.15) is 0 Å². The average Bonchev–Trinajstić information content (AvgIpc) is 2.83. The molecule has 2 heterocycles. The van der Waals surface area contributed by atoms with E-state index in [1.807, 2.05) is 0 Å². The van der Waals surface area contributed by atoms with Crippen molar-refractivity contribution in [3.05, 3.63) is 59.9 Å². The fourth-order valence-corrected chi connectivity index (χ4v) is 2.66. The molecule has 1 aromatic carbocycles. The van der Waals surface area contributed by atoms with Crippen molar-refractivity contribution in [3.63, 3.8) is 0 Å². The van der Waals surface area contributed by atoms with Gasteiger partial charge in [-0.05, 0) is 24.6 Å². The molecule has 0 fully saturated rings. The maximum Gasteiger partial charge on any atom is 0.0476 e. The van der Waals surface area contributed by atoms with E-state index in [0.717, 1.165) is 19.6 Å². The van der Waals surface area contributed by atoms with Crippen LogP contribution in [0.3, 0.4) is 0 Å². The maximum absolute atomic E-state index is 2.55. The van der Waals surface area contributed by atoms with Gasteiger partial charge in [-0.3, -0.25) is 4.90 Å². The summed E-state index contributed by atoms with van der Waals surface area (Å²) < 4.78 is 2.37. The molecule has 0 spiro atoms. The minimum Gasteiger partial charge on any atom is -0.349 e. The molecule has 0 saturated carbocycles. The fourth-order valence-electron chi connectivity index (χ4n) is 2.66. The smallest absolute Gasteiger partial charge is 0.0476 e. The zero-order chi connectivity index (χ0) is 11.7. The molecule has 0 unspecified atom stereocenters. The van der Waals surface area contributed by atoms with E-state index in [4.69, 9.17) is 0 Å². The topological polar surface area (TPSA) is 8.17 Å². The van der Waals surface area contributed by atoms with Gasteiger partial charge in [0.15, 0.2) is 0 Å². The first-order valence-electron chi connectivity index (χ1n) is 6.27. The Hall–Kier alpha value is -1.54. The second-order valence-corrected chi connectivity index (χ2v) is 4.76. The molecule has 1 aromatic heterocycles. The Labute approximate surface area is 102 Å². The quantitative estimate of drug-likeness (QED) is 0.764. The molecule has 0 aliphatic carbocycles. The van der Waals surface area contributed by atoms with Crippen molar-refractivity contribution in [2.75, 3.05) is 6.54 Å². The van der Waals surface area contributed by atoms with E-state index < -0.39 is 0 Å². The van der Waals surface area contributed by atoms with Gasteiger partial charge in [-0.1, -0.05) is 30.3 Å². The Morgan fingerprint density at radius 3 is 2.71 bits per heavy atom. The van der Waals surface area contributed by atoms with E-state index in [-0.39, 0.29) is 0 Å². The van der Waals surface area contributed by atoms with Crippen LogP contribution < -0.4 is 0 Å². The van der Waals surface area contributed by atoms with Crippen LogP contribution in [0.5, 0.6) is 0 Å². The summed E-state index contributed by atoms with van der Waals surface area (Å²) in [5, 5.41) is 0. The van der Waals surface area contributed by atoms with Gasteiger partial charge >= 0.3 is 0 Å². The summed E-state index contributed by atoms with van der Waals surface area (Å²) in [7, 11) is 0. The van der Waals surface area contributed by atoms with Crippen LogP contribution in [0.4, 0.5) is 0 Å². The van der Waals surface area contributed by atoms with E-state index in [1.165, 1.54) is 11.3 Å². The first-order chi connectivity index (χ1) is 8.34. The molecule has 88 valence electrons. The summed E-state index contributed by atoms with van der Waals surface area (Å²) in [4.78, 5) is 2.55. The molecular formula is C15H18N2. The van der Waals surface area contributed by atoms with Crippen molar-refractivity contribution in [1.29, 1.82) is 0 Å². The number of nitrogens with zero attached hydrogens (tertiary/aromatic N) is 2. The summed E-state index contributed by atoms with van der Waals surface area (Å²) in [6.07, 6.45) is 2.19. The average molecular weight is 226 g/mol. The van der Waals surface area contributed by atoms with Gasteiger partial charge in [-0.15, -0.1) is 0 Å². The molecule has 0 radical (unpaired) electrons. The van der Waals surface area contributed by atoms with Gasteiger partial charge in [-0.2, -0.15) is 0 Å². The highest BCUT2D eigenvalue weighted by Gasteiger charge is 2.22. The van der Waals surface area contributed by atoms with Gasteiger partial charge in [0.2, 0.25) is 0 Å². The van der Waals surface area contributed by atoms with Crippen molar-refractivity contribution in [2.45, 2.75) is 26.1 Å². The van der Waals surface area contributed by atoms with Gasteiger partial charge < -0.3 is 4.57 Å². The van der Waals surface area contributed by atoms with Crippen molar-refractivity contribution < 1.29 is 0 Å². The normalized spacial score (nSPS) is 20.2.